The van der Waals surface area contributed by atoms with Crippen molar-refractivity contribution in [3.63, 3.8) is 0 Å². The molecule has 144 valence electrons. The highest BCUT2D eigenvalue weighted by atomic mass is 16.6. The number of ether oxygens (including phenoxy) is 2. The molecule has 0 radical (unpaired) electrons. The molecule has 1 amide bonds. The summed E-state index contributed by atoms with van der Waals surface area (Å²) in [6.45, 7) is 2.43. The number of carbonyl (C=O) groups excluding carboxylic acids is 1. The third-order valence-corrected chi connectivity index (χ3v) is 4.90. The Balaban J connectivity index is 1.21. The maximum absolute atomic E-state index is 12.6. The fourth-order valence-corrected chi connectivity index (χ4v) is 3.41. The van der Waals surface area contributed by atoms with Crippen LogP contribution in [0.25, 0.3) is 5.65 Å². The largest absolute Gasteiger partial charge is 0.484 e. The minimum Gasteiger partial charge on any atom is -0.484 e. The lowest BCUT2D eigenvalue weighted by atomic mass is 9.96. The van der Waals surface area contributed by atoms with Gasteiger partial charge in [-0.15, -0.1) is 14.8 Å². The van der Waals surface area contributed by atoms with Crippen molar-refractivity contribution in [2.75, 3.05) is 36.5 Å². The van der Waals surface area contributed by atoms with Crippen LogP contribution in [0.3, 0.4) is 0 Å². The van der Waals surface area contributed by atoms with Crippen LogP contribution in [0.2, 0.25) is 0 Å². The van der Waals surface area contributed by atoms with Crippen LogP contribution in [0.4, 0.5) is 11.6 Å². The fourth-order valence-electron chi connectivity index (χ4n) is 3.41. The second kappa shape index (κ2) is 6.91. The molecule has 3 aromatic rings. The average Bonchev–Trinajstić information content (AvgIpc) is 3.21. The molecule has 0 bridgehead atoms. The van der Waals surface area contributed by atoms with E-state index in [-0.39, 0.29) is 11.8 Å². The minimum absolute atomic E-state index is 0.0345. The van der Waals surface area contributed by atoms with E-state index in [4.69, 9.17) is 9.47 Å². The number of hydrogen-bond donors (Lipinski definition) is 1. The lowest BCUT2D eigenvalue weighted by Gasteiger charge is -2.31. The van der Waals surface area contributed by atoms with E-state index in [9.17, 15) is 4.79 Å². The molecule has 0 spiro atoms. The highest BCUT2D eigenvalue weighted by Crippen LogP contribution is 2.29. The van der Waals surface area contributed by atoms with E-state index < -0.39 is 0 Å². The van der Waals surface area contributed by atoms with Crippen LogP contribution in [0.5, 0.6) is 11.6 Å². The monoisotopic (exact) mass is 382 g/mol. The quantitative estimate of drug-likeness (QED) is 0.692. The van der Waals surface area contributed by atoms with E-state index >= 15 is 0 Å². The zero-order valence-electron chi connectivity index (χ0n) is 15.0. The van der Waals surface area contributed by atoms with Crippen molar-refractivity contribution in [2.24, 2.45) is 5.92 Å². The molecule has 5 heterocycles. The van der Waals surface area contributed by atoms with Crippen LogP contribution in [0.15, 0.2) is 24.3 Å². The zero-order valence-corrected chi connectivity index (χ0v) is 15.0. The maximum atomic E-state index is 12.6. The minimum atomic E-state index is -0.0805. The number of fused-ring (bicyclic) bond motifs is 2. The molecule has 1 N–H and O–H groups in total. The Bertz CT molecular complexity index is 1010. The Morgan fingerprint density at radius 3 is 2.86 bits per heavy atom. The summed E-state index contributed by atoms with van der Waals surface area (Å²) in [5, 5.41) is 18.6. The summed E-state index contributed by atoms with van der Waals surface area (Å²) in [5.74, 6) is 2.18. The number of nitrogens with zero attached hydrogens (tertiary/aromatic N) is 7. The first-order valence-electron chi connectivity index (χ1n) is 9.14. The average molecular weight is 382 g/mol. The summed E-state index contributed by atoms with van der Waals surface area (Å²) in [6.07, 6.45) is 1.46. The van der Waals surface area contributed by atoms with Crippen LogP contribution in [-0.4, -0.2) is 62.4 Å². The van der Waals surface area contributed by atoms with E-state index in [0.29, 0.717) is 36.3 Å². The molecule has 0 aromatic carbocycles. The van der Waals surface area contributed by atoms with E-state index in [1.165, 1.54) is 4.63 Å². The molecule has 5 rings (SSSR count). The van der Waals surface area contributed by atoms with Gasteiger partial charge in [0.2, 0.25) is 5.91 Å². The first kappa shape index (κ1) is 16.7. The van der Waals surface area contributed by atoms with Crippen molar-refractivity contribution >= 4 is 23.2 Å². The molecule has 11 heteroatoms. The van der Waals surface area contributed by atoms with Gasteiger partial charge in [0.15, 0.2) is 17.2 Å². The lowest BCUT2D eigenvalue weighted by Crippen LogP contribution is -2.38. The number of rotatable bonds is 3. The summed E-state index contributed by atoms with van der Waals surface area (Å²) >= 11 is 0. The Morgan fingerprint density at radius 2 is 1.96 bits per heavy atom. The molecule has 3 aromatic heterocycles. The summed E-state index contributed by atoms with van der Waals surface area (Å²) in [6, 6.07) is 7.21. The summed E-state index contributed by atoms with van der Waals surface area (Å²) in [4.78, 5) is 19.1. The molecular weight excluding hydrogens is 364 g/mol. The zero-order chi connectivity index (χ0) is 18.9. The predicted molar refractivity (Wildman–Crippen MR) is 97.4 cm³/mol. The number of anilines is 2. The Labute approximate surface area is 159 Å². The molecular formula is C17H18N8O3. The lowest BCUT2D eigenvalue weighted by molar-refractivity contribution is -0.120. The third kappa shape index (κ3) is 3.15. The molecule has 28 heavy (non-hydrogen) atoms. The van der Waals surface area contributed by atoms with Crippen molar-refractivity contribution < 1.29 is 14.3 Å². The molecule has 1 saturated heterocycles. The molecule has 2 aliphatic heterocycles. The molecule has 0 atom stereocenters. The van der Waals surface area contributed by atoms with Crippen LogP contribution >= 0.6 is 0 Å². The van der Waals surface area contributed by atoms with E-state index in [1.807, 2.05) is 12.1 Å². The number of tetrazole rings is 1. The maximum Gasteiger partial charge on any atom is 0.259 e. The van der Waals surface area contributed by atoms with E-state index in [1.54, 1.807) is 12.1 Å². The molecule has 0 unspecified atom stereocenters. The third-order valence-electron chi connectivity index (χ3n) is 4.90. The Morgan fingerprint density at radius 1 is 1.11 bits per heavy atom. The van der Waals surface area contributed by atoms with Gasteiger partial charge in [-0.2, -0.15) is 4.98 Å². The Kier molecular flexibility index (Phi) is 4.11. The van der Waals surface area contributed by atoms with E-state index in [0.717, 1.165) is 31.7 Å². The summed E-state index contributed by atoms with van der Waals surface area (Å²) < 4.78 is 12.3. The van der Waals surface area contributed by atoms with Gasteiger partial charge in [0, 0.05) is 19.0 Å². The molecule has 0 aliphatic carbocycles. The highest BCUT2D eigenvalue weighted by molar-refractivity contribution is 5.92. The van der Waals surface area contributed by atoms with Gasteiger partial charge in [-0.3, -0.25) is 4.79 Å². The van der Waals surface area contributed by atoms with Gasteiger partial charge < -0.3 is 19.7 Å². The predicted octanol–water partition coefficient (Wildman–Crippen LogP) is 0.541. The van der Waals surface area contributed by atoms with Crippen LogP contribution in [0.1, 0.15) is 12.8 Å². The second-order valence-electron chi connectivity index (χ2n) is 6.67. The van der Waals surface area contributed by atoms with Gasteiger partial charge >= 0.3 is 0 Å². The smallest absolute Gasteiger partial charge is 0.259 e. The van der Waals surface area contributed by atoms with Gasteiger partial charge in [-0.05, 0) is 47.5 Å². The number of aromatic nitrogens is 6. The van der Waals surface area contributed by atoms with E-state index in [2.05, 4.69) is 35.8 Å². The second-order valence-corrected chi connectivity index (χ2v) is 6.67. The van der Waals surface area contributed by atoms with Crippen molar-refractivity contribution in [1.29, 1.82) is 0 Å². The number of carbonyl (C=O) groups is 1. The van der Waals surface area contributed by atoms with Crippen LogP contribution < -0.4 is 19.7 Å². The van der Waals surface area contributed by atoms with Gasteiger partial charge in [0.25, 0.3) is 5.88 Å². The molecule has 2 aliphatic rings. The van der Waals surface area contributed by atoms with Gasteiger partial charge in [0.1, 0.15) is 19.0 Å². The molecule has 0 saturated carbocycles. The fraction of sp³-hybridized carbons (Fsp3) is 0.412. The SMILES string of the molecule is O=C(Nc1ccc2c(n1)OCCO2)C1CCN(c2ccc3nnnn3n2)CC1. The van der Waals surface area contributed by atoms with Crippen molar-refractivity contribution in [3.05, 3.63) is 24.3 Å². The van der Waals surface area contributed by atoms with Gasteiger partial charge in [-0.1, -0.05) is 0 Å². The van der Waals surface area contributed by atoms with Gasteiger partial charge in [-0.25, -0.2) is 0 Å². The topological polar surface area (TPSA) is 120 Å². The number of hydrogen-bond acceptors (Lipinski definition) is 9. The number of piperidine rings is 1. The normalized spacial score (nSPS) is 16.9. The number of pyridine rings is 1. The first-order valence-corrected chi connectivity index (χ1v) is 9.14. The number of nitrogens with one attached hydrogen (secondary N) is 1. The van der Waals surface area contributed by atoms with Crippen molar-refractivity contribution in [3.8, 4) is 11.6 Å². The number of amides is 1. The highest BCUT2D eigenvalue weighted by Gasteiger charge is 2.26. The summed E-state index contributed by atoms with van der Waals surface area (Å²) in [5.41, 5.74) is 0.602. The van der Waals surface area contributed by atoms with Crippen LogP contribution in [-0.2, 0) is 4.79 Å². The van der Waals surface area contributed by atoms with Crippen LogP contribution in [0, 0.1) is 5.92 Å². The van der Waals surface area contributed by atoms with Crippen molar-refractivity contribution in [2.45, 2.75) is 12.8 Å². The summed E-state index contributed by atoms with van der Waals surface area (Å²) in [7, 11) is 0. The molecule has 1 fully saturated rings. The van der Waals surface area contributed by atoms with Crippen molar-refractivity contribution in [1.82, 2.24) is 30.2 Å². The van der Waals surface area contributed by atoms with Gasteiger partial charge in [0.05, 0.1) is 0 Å². The standard InChI is InChI=1S/C17H18N8O3/c26-16(18-13-2-1-12-17(19-13)28-10-9-27-12)11-5-7-24(8-6-11)15-4-3-14-20-22-23-25(14)21-15/h1-4,11H,5-10H2,(H,18,19,26). The Hall–Kier alpha value is -3.50. The molecule has 11 nitrogen and oxygen atoms in total. The first-order chi connectivity index (χ1) is 13.8.